The molecule has 1 aliphatic heterocycles. The number of benzene rings is 1. The second-order valence-corrected chi connectivity index (χ2v) is 4.55. The summed E-state index contributed by atoms with van der Waals surface area (Å²) >= 11 is 0. The molecule has 2 unspecified atom stereocenters. The standard InChI is InChI=1S/C13H16N4O3/c1-7-11(16-17-13(20)14-7)9-3-5-10(6-4-9)15-12(19)8(2)18/h3-8,18H,1-2H3,(H,15,19)(H2,14,17,20). The fourth-order valence-corrected chi connectivity index (χ4v) is 1.79. The van der Waals surface area contributed by atoms with E-state index in [-0.39, 0.29) is 12.1 Å². The summed E-state index contributed by atoms with van der Waals surface area (Å²) in [5, 5.41) is 18.4. The van der Waals surface area contributed by atoms with Gasteiger partial charge in [0.2, 0.25) is 0 Å². The molecular formula is C13H16N4O3. The molecule has 0 fully saturated rings. The average molecular weight is 276 g/mol. The normalized spacial score (nSPS) is 19.4. The number of aliphatic hydroxyl groups excluding tert-OH is 1. The average Bonchev–Trinajstić information content (AvgIpc) is 2.40. The van der Waals surface area contributed by atoms with E-state index in [1.807, 2.05) is 6.92 Å². The molecule has 4 N–H and O–H groups in total. The van der Waals surface area contributed by atoms with Gasteiger partial charge < -0.3 is 15.7 Å². The van der Waals surface area contributed by atoms with Gasteiger partial charge in [-0.05, 0) is 26.0 Å². The van der Waals surface area contributed by atoms with E-state index >= 15 is 0 Å². The highest BCUT2D eigenvalue weighted by Gasteiger charge is 2.20. The second kappa shape index (κ2) is 5.70. The van der Waals surface area contributed by atoms with Crippen LogP contribution in [0, 0.1) is 0 Å². The highest BCUT2D eigenvalue weighted by Crippen LogP contribution is 2.13. The monoisotopic (exact) mass is 276 g/mol. The van der Waals surface area contributed by atoms with Crippen molar-refractivity contribution in [2.24, 2.45) is 5.10 Å². The molecule has 1 aromatic carbocycles. The van der Waals surface area contributed by atoms with Crippen LogP contribution in [0.3, 0.4) is 0 Å². The molecule has 0 aliphatic carbocycles. The molecule has 2 rings (SSSR count). The summed E-state index contributed by atoms with van der Waals surface area (Å²) in [6, 6.07) is 6.46. The van der Waals surface area contributed by atoms with E-state index in [9.17, 15) is 9.59 Å². The number of carbonyl (C=O) groups excluding carboxylic acids is 2. The van der Waals surface area contributed by atoms with Gasteiger partial charge in [-0.2, -0.15) is 5.10 Å². The minimum absolute atomic E-state index is 0.193. The van der Waals surface area contributed by atoms with Crippen molar-refractivity contribution in [2.75, 3.05) is 5.32 Å². The van der Waals surface area contributed by atoms with Crippen LogP contribution < -0.4 is 16.1 Å². The number of hydrazone groups is 1. The first kappa shape index (κ1) is 14.0. The first-order chi connectivity index (χ1) is 9.47. The van der Waals surface area contributed by atoms with Crippen molar-refractivity contribution in [3.63, 3.8) is 0 Å². The molecule has 1 heterocycles. The minimum atomic E-state index is -1.06. The predicted octanol–water partition coefficient (Wildman–Crippen LogP) is 0.411. The number of urea groups is 1. The lowest BCUT2D eigenvalue weighted by Gasteiger charge is -2.21. The third-order valence-corrected chi connectivity index (χ3v) is 2.86. The Kier molecular flexibility index (Phi) is 3.99. The van der Waals surface area contributed by atoms with Crippen molar-refractivity contribution in [3.05, 3.63) is 29.8 Å². The molecule has 1 aromatic rings. The van der Waals surface area contributed by atoms with E-state index < -0.39 is 12.0 Å². The highest BCUT2D eigenvalue weighted by atomic mass is 16.3. The van der Waals surface area contributed by atoms with Crippen molar-refractivity contribution in [2.45, 2.75) is 26.0 Å². The summed E-state index contributed by atoms with van der Waals surface area (Å²) in [7, 11) is 0. The molecule has 7 heteroatoms. The fourth-order valence-electron chi connectivity index (χ4n) is 1.79. The second-order valence-electron chi connectivity index (χ2n) is 4.55. The largest absolute Gasteiger partial charge is 0.384 e. The van der Waals surface area contributed by atoms with Crippen molar-refractivity contribution >= 4 is 23.3 Å². The summed E-state index contributed by atoms with van der Waals surface area (Å²) in [5.41, 5.74) is 4.48. The third-order valence-electron chi connectivity index (χ3n) is 2.86. The molecule has 0 saturated carbocycles. The van der Waals surface area contributed by atoms with Gasteiger partial charge >= 0.3 is 6.03 Å². The lowest BCUT2D eigenvalue weighted by Crippen LogP contribution is -2.48. The minimum Gasteiger partial charge on any atom is -0.384 e. The van der Waals surface area contributed by atoms with Gasteiger partial charge in [0.05, 0.1) is 11.8 Å². The molecule has 0 radical (unpaired) electrons. The number of nitrogens with zero attached hydrogens (tertiary/aromatic N) is 1. The molecule has 20 heavy (non-hydrogen) atoms. The van der Waals surface area contributed by atoms with Crippen molar-refractivity contribution in [1.29, 1.82) is 0 Å². The summed E-state index contributed by atoms with van der Waals surface area (Å²) in [5.74, 6) is -0.463. The lowest BCUT2D eigenvalue weighted by molar-refractivity contribution is -0.123. The van der Waals surface area contributed by atoms with Crippen molar-refractivity contribution in [1.82, 2.24) is 10.7 Å². The number of nitrogens with one attached hydrogen (secondary N) is 3. The van der Waals surface area contributed by atoms with E-state index in [4.69, 9.17) is 5.11 Å². The number of carbonyl (C=O) groups is 2. The smallest absolute Gasteiger partial charge is 0.335 e. The Labute approximate surface area is 116 Å². The Morgan fingerprint density at radius 1 is 1.40 bits per heavy atom. The van der Waals surface area contributed by atoms with Gasteiger partial charge in [-0.15, -0.1) is 0 Å². The van der Waals surface area contributed by atoms with Gasteiger partial charge in [-0.25, -0.2) is 10.2 Å². The molecule has 7 nitrogen and oxygen atoms in total. The number of amides is 3. The number of hydrogen-bond donors (Lipinski definition) is 4. The SMILES string of the molecule is CC(O)C(=O)Nc1ccc(C2=NNC(=O)NC2C)cc1. The Bertz CT molecular complexity index is 551. The number of aliphatic hydroxyl groups is 1. The van der Waals surface area contributed by atoms with Crippen LogP contribution in [0.15, 0.2) is 29.4 Å². The zero-order valence-corrected chi connectivity index (χ0v) is 11.2. The Balaban J connectivity index is 2.12. The number of anilines is 1. The number of hydrogen-bond acceptors (Lipinski definition) is 4. The maximum Gasteiger partial charge on any atom is 0.335 e. The summed E-state index contributed by atoms with van der Waals surface area (Å²) < 4.78 is 0. The van der Waals surface area contributed by atoms with E-state index in [2.05, 4.69) is 21.2 Å². The van der Waals surface area contributed by atoms with Crippen LogP contribution >= 0.6 is 0 Å². The molecule has 0 bridgehead atoms. The molecule has 0 spiro atoms. The first-order valence-electron chi connectivity index (χ1n) is 6.21. The van der Waals surface area contributed by atoms with Crippen LogP contribution in [0.5, 0.6) is 0 Å². The van der Waals surface area contributed by atoms with Crippen LogP contribution in [0.2, 0.25) is 0 Å². The van der Waals surface area contributed by atoms with Crippen LogP contribution in [-0.4, -0.2) is 34.9 Å². The Morgan fingerprint density at radius 2 is 2.05 bits per heavy atom. The molecule has 0 aromatic heterocycles. The summed E-state index contributed by atoms with van der Waals surface area (Å²) in [6.45, 7) is 3.23. The van der Waals surface area contributed by atoms with Crippen LogP contribution in [0.4, 0.5) is 10.5 Å². The van der Waals surface area contributed by atoms with E-state index in [0.29, 0.717) is 11.4 Å². The predicted molar refractivity (Wildman–Crippen MR) is 74.4 cm³/mol. The molecular weight excluding hydrogens is 260 g/mol. The molecule has 0 saturated heterocycles. The molecule has 2 atom stereocenters. The maximum atomic E-state index is 11.3. The summed E-state index contributed by atoms with van der Waals surface area (Å²) in [6.07, 6.45) is -1.06. The van der Waals surface area contributed by atoms with Crippen molar-refractivity contribution in [3.8, 4) is 0 Å². The highest BCUT2D eigenvalue weighted by molar-refractivity contribution is 6.07. The number of rotatable bonds is 3. The van der Waals surface area contributed by atoms with Crippen LogP contribution in [0.25, 0.3) is 0 Å². The molecule has 3 amide bonds. The van der Waals surface area contributed by atoms with Gasteiger partial charge in [0, 0.05) is 11.3 Å². The lowest BCUT2D eigenvalue weighted by atomic mass is 10.0. The van der Waals surface area contributed by atoms with Gasteiger partial charge in [-0.3, -0.25) is 4.79 Å². The Hall–Kier alpha value is -2.41. The van der Waals surface area contributed by atoms with Crippen molar-refractivity contribution < 1.29 is 14.7 Å². The quantitative estimate of drug-likeness (QED) is 0.643. The van der Waals surface area contributed by atoms with Crippen LogP contribution in [0.1, 0.15) is 19.4 Å². The maximum absolute atomic E-state index is 11.3. The van der Waals surface area contributed by atoms with Gasteiger partial charge in [0.25, 0.3) is 5.91 Å². The topological polar surface area (TPSA) is 103 Å². The van der Waals surface area contributed by atoms with Gasteiger partial charge in [0.1, 0.15) is 6.10 Å². The first-order valence-corrected chi connectivity index (χ1v) is 6.21. The summed E-state index contributed by atoms with van der Waals surface area (Å²) in [4.78, 5) is 22.4. The molecule has 106 valence electrons. The molecule has 1 aliphatic rings. The van der Waals surface area contributed by atoms with Crippen LogP contribution in [-0.2, 0) is 4.79 Å². The zero-order chi connectivity index (χ0) is 14.7. The van der Waals surface area contributed by atoms with E-state index in [1.165, 1.54) is 6.92 Å². The fraction of sp³-hybridized carbons (Fsp3) is 0.308. The third kappa shape index (κ3) is 3.12. The van der Waals surface area contributed by atoms with E-state index in [1.54, 1.807) is 24.3 Å². The van der Waals surface area contributed by atoms with Gasteiger partial charge in [0.15, 0.2) is 0 Å². The zero-order valence-electron chi connectivity index (χ0n) is 11.2. The van der Waals surface area contributed by atoms with Gasteiger partial charge in [-0.1, -0.05) is 12.1 Å². The Morgan fingerprint density at radius 3 is 2.60 bits per heavy atom. The van der Waals surface area contributed by atoms with E-state index in [0.717, 1.165) is 5.56 Å².